The van der Waals surface area contributed by atoms with Gasteiger partial charge >= 0.3 is 0 Å². The van der Waals surface area contributed by atoms with Gasteiger partial charge in [-0.25, -0.2) is 0 Å². The van der Waals surface area contributed by atoms with Gasteiger partial charge in [-0.3, -0.25) is 0 Å². The molecule has 5 heteroatoms. The minimum atomic E-state index is 0.0413. The Kier molecular flexibility index (Phi) is 3.11. The molecule has 2 aliphatic heterocycles. The van der Waals surface area contributed by atoms with Crippen LogP contribution >= 0.6 is 0 Å². The van der Waals surface area contributed by atoms with E-state index in [9.17, 15) is 0 Å². The smallest absolute Gasteiger partial charge is 0.231 e. The number of fused-ring (bicyclic) bond motifs is 2. The number of rotatable bonds is 4. The number of nitrogens with two attached hydrogens (primary N) is 1. The molecular formula is C13H21N3O2. The van der Waals surface area contributed by atoms with E-state index >= 15 is 0 Å². The Bertz CT molecular complexity index is 418. The summed E-state index contributed by atoms with van der Waals surface area (Å²) >= 11 is 0. The highest BCUT2D eigenvalue weighted by Gasteiger charge is 2.43. The Morgan fingerprint density at radius 2 is 2.28 bits per heavy atom. The molecule has 0 aromatic carbocycles. The lowest BCUT2D eigenvalue weighted by Crippen LogP contribution is -2.24. The predicted octanol–water partition coefficient (Wildman–Crippen LogP) is 1.95. The highest BCUT2D eigenvalue weighted by Crippen LogP contribution is 2.43. The first kappa shape index (κ1) is 12.1. The summed E-state index contributed by atoms with van der Waals surface area (Å²) < 4.78 is 11.2. The summed E-state index contributed by atoms with van der Waals surface area (Å²) in [7, 11) is 0. The Morgan fingerprint density at radius 3 is 2.83 bits per heavy atom. The van der Waals surface area contributed by atoms with E-state index in [4.69, 9.17) is 15.0 Å². The summed E-state index contributed by atoms with van der Waals surface area (Å²) in [6.45, 7) is 4.08. The van der Waals surface area contributed by atoms with Gasteiger partial charge in [-0.05, 0) is 32.6 Å². The van der Waals surface area contributed by atoms with E-state index in [1.165, 1.54) is 6.42 Å². The second kappa shape index (κ2) is 4.63. The molecule has 5 nitrogen and oxygen atoms in total. The molecule has 2 aliphatic rings. The van der Waals surface area contributed by atoms with Gasteiger partial charge in [-0.1, -0.05) is 12.1 Å². The van der Waals surface area contributed by atoms with Crippen molar-refractivity contribution in [3.63, 3.8) is 0 Å². The Hall–Kier alpha value is -0.940. The van der Waals surface area contributed by atoms with E-state index in [-0.39, 0.29) is 12.0 Å². The van der Waals surface area contributed by atoms with Crippen molar-refractivity contribution >= 4 is 0 Å². The molecule has 18 heavy (non-hydrogen) atoms. The molecule has 100 valence electrons. The van der Waals surface area contributed by atoms with Gasteiger partial charge in [0.2, 0.25) is 5.89 Å². The average Bonchev–Trinajstić information content (AvgIpc) is 3.04. The van der Waals surface area contributed by atoms with Crippen molar-refractivity contribution in [1.29, 1.82) is 0 Å². The first-order chi connectivity index (χ1) is 8.69. The standard InChI is InChI=1S/C13H21N3O2/c1-3-9(7(2)14)13-15-12(16-18-13)10-6-8-4-5-11(10)17-8/h7-11H,3-6,14H2,1-2H3. The molecule has 0 amide bonds. The minimum absolute atomic E-state index is 0.0413. The van der Waals surface area contributed by atoms with Crippen LogP contribution in [0.3, 0.4) is 0 Å². The molecule has 1 aromatic rings. The molecule has 5 unspecified atom stereocenters. The molecule has 0 aliphatic carbocycles. The molecule has 2 bridgehead atoms. The first-order valence-corrected chi connectivity index (χ1v) is 6.93. The summed E-state index contributed by atoms with van der Waals surface area (Å²) in [5, 5.41) is 4.15. The van der Waals surface area contributed by atoms with Crippen LogP contribution in [-0.2, 0) is 4.74 Å². The van der Waals surface area contributed by atoms with E-state index in [1.807, 2.05) is 6.92 Å². The van der Waals surface area contributed by atoms with Crippen LogP contribution < -0.4 is 5.73 Å². The summed E-state index contributed by atoms with van der Waals surface area (Å²) in [6, 6.07) is 0.0413. The number of ether oxygens (including phenoxy) is 1. The van der Waals surface area contributed by atoms with Crippen molar-refractivity contribution in [2.45, 2.75) is 69.6 Å². The first-order valence-electron chi connectivity index (χ1n) is 6.93. The van der Waals surface area contributed by atoms with E-state index < -0.39 is 0 Å². The quantitative estimate of drug-likeness (QED) is 0.885. The topological polar surface area (TPSA) is 74.2 Å². The van der Waals surface area contributed by atoms with Crippen LogP contribution in [0.5, 0.6) is 0 Å². The predicted molar refractivity (Wildman–Crippen MR) is 66.2 cm³/mol. The summed E-state index contributed by atoms with van der Waals surface area (Å²) in [5.41, 5.74) is 5.95. The van der Waals surface area contributed by atoms with Crippen molar-refractivity contribution in [1.82, 2.24) is 10.1 Å². The van der Waals surface area contributed by atoms with Crippen molar-refractivity contribution < 1.29 is 9.26 Å². The minimum Gasteiger partial charge on any atom is -0.374 e. The number of hydrogen-bond acceptors (Lipinski definition) is 5. The molecule has 0 radical (unpaired) electrons. The lowest BCUT2D eigenvalue weighted by molar-refractivity contribution is 0.0996. The van der Waals surface area contributed by atoms with Crippen LogP contribution in [0.25, 0.3) is 0 Å². The van der Waals surface area contributed by atoms with Crippen molar-refractivity contribution in [2.24, 2.45) is 5.73 Å². The maximum atomic E-state index is 5.95. The Balaban J connectivity index is 1.77. The zero-order valence-electron chi connectivity index (χ0n) is 11.0. The fourth-order valence-electron chi connectivity index (χ4n) is 3.23. The fraction of sp³-hybridized carbons (Fsp3) is 0.846. The zero-order chi connectivity index (χ0) is 12.7. The Labute approximate surface area is 107 Å². The molecule has 2 saturated heterocycles. The van der Waals surface area contributed by atoms with E-state index in [2.05, 4.69) is 17.1 Å². The maximum absolute atomic E-state index is 5.95. The molecule has 2 fully saturated rings. The van der Waals surface area contributed by atoms with E-state index in [0.29, 0.717) is 24.0 Å². The van der Waals surface area contributed by atoms with Crippen LogP contribution in [0, 0.1) is 0 Å². The van der Waals surface area contributed by atoms with E-state index in [0.717, 1.165) is 25.1 Å². The van der Waals surface area contributed by atoms with Gasteiger partial charge in [0, 0.05) is 6.04 Å². The molecule has 2 N–H and O–H groups in total. The van der Waals surface area contributed by atoms with Crippen LogP contribution in [0.1, 0.15) is 63.1 Å². The van der Waals surface area contributed by atoms with E-state index in [1.54, 1.807) is 0 Å². The van der Waals surface area contributed by atoms with Crippen LogP contribution in [0.4, 0.5) is 0 Å². The average molecular weight is 251 g/mol. The normalized spacial score (nSPS) is 33.8. The fourth-order valence-corrected chi connectivity index (χ4v) is 3.23. The zero-order valence-corrected chi connectivity index (χ0v) is 11.0. The van der Waals surface area contributed by atoms with Crippen molar-refractivity contribution in [2.75, 3.05) is 0 Å². The number of hydrogen-bond donors (Lipinski definition) is 1. The third-order valence-electron chi connectivity index (χ3n) is 4.29. The van der Waals surface area contributed by atoms with Crippen LogP contribution in [-0.4, -0.2) is 28.4 Å². The van der Waals surface area contributed by atoms with Gasteiger partial charge in [0.15, 0.2) is 5.82 Å². The molecular weight excluding hydrogens is 230 g/mol. The molecule has 0 saturated carbocycles. The van der Waals surface area contributed by atoms with Gasteiger partial charge < -0.3 is 15.0 Å². The summed E-state index contributed by atoms with van der Waals surface area (Å²) in [6.07, 6.45) is 4.99. The third kappa shape index (κ3) is 1.95. The highest BCUT2D eigenvalue weighted by molar-refractivity contribution is 5.08. The van der Waals surface area contributed by atoms with Gasteiger partial charge in [-0.15, -0.1) is 0 Å². The second-order valence-electron chi connectivity index (χ2n) is 5.58. The van der Waals surface area contributed by atoms with Gasteiger partial charge in [-0.2, -0.15) is 4.98 Å². The maximum Gasteiger partial charge on any atom is 0.231 e. The molecule has 0 spiro atoms. The van der Waals surface area contributed by atoms with Crippen molar-refractivity contribution in [3.8, 4) is 0 Å². The number of aromatic nitrogens is 2. The molecule has 3 heterocycles. The highest BCUT2D eigenvalue weighted by atomic mass is 16.5. The summed E-state index contributed by atoms with van der Waals surface area (Å²) in [5.74, 6) is 1.99. The monoisotopic (exact) mass is 251 g/mol. The van der Waals surface area contributed by atoms with Crippen LogP contribution in [0.15, 0.2) is 4.52 Å². The molecule has 1 aromatic heterocycles. The number of nitrogens with zero attached hydrogens (tertiary/aromatic N) is 2. The SMILES string of the molecule is CCC(c1nc(C2CC3CCC2O3)no1)C(C)N. The van der Waals surface area contributed by atoms with Gasteiger partial charge in [0.05, 0.1) is 24.0 Å². The molecule has 5 atom stereocenters. The van der Waals surface area contributed by atoms with Crippen LogP contribution in [0.2, 0.25) is 0 Å². The van der Waals surface area contributed by atoms with Gasteiger partial charge in [0.25, 0.3) is 0 Å². The van der Waals surface area contributed by atoms with Gasteiger partial charge in [0.1, 0.15) is 0 Å². The molecule has 3 rings (SSSR count). The lowest BCUT2D eigenvalue weighted by Gasteiger charge is -2.15. The second-order valence-corrected chi connectivity index (χ2v) is 5.58. The largest absolute Gasteiger partial charge is 0.374 e. The summed E-state index contributed by atoms with van der Waals surface area (Å²) in [4.78, 5) is 4.57. The Morgan fingerprint density at radius 1 is 1.44 bits per heavy atom. The lowest BCUT2D eigenvalue weighted by atomic mass is 9.89. The third-order valence-corrected chi connectivity index (χ3v) is 4.29. The van der Waals surface area contributed by atoms with Crippen molar-refractivity contribution in [3.05, 3.63) is 11.7 Å².